The fourth-order valence-corrected chi connectivity index (χ4v) is 5.22. The van der Waals surface area contributed by atoms with Crippen LogP contribution in [-0.4, -0.2) is 23.3 Å². The van der Waals surface area contributed by atoms with Crippen LogP contribution in [0.2, 0.25) is 0 Å². The van der Waals surface area contributed by atoms with E-state index < -0.39 is 5.97 Å². The predicted octanol–water partition coefficient (Wildman–Crippen LogP) is 7.63. The van der Waals surface area contributed by atoms with Gasteiger partial charge in [-0.15, -0.1) is 0 Å². The van der Waals surface area contributed by atoms with E-state index >= 15 is 0 Å². The van der Waals surface area contributed by atoms with Crippen LogP contribution >= 0.6 is 0 Å². The highest BCUT2D eigenvalue weighted by Crippen LogP contribution is 2.42. The summed E-state index contributed by atoms with van der Waals surface area (Å²) in [6, 6.07) is 26.9. The third-order valence-electron chi connectivity index (χ3n) is 7.54. The van der Waals surface area contributed by atoms with Gasteiger partial charge in [0.1, 0.15) is 30.8 Å². The topological polar surface area (TPSA) is 101 Å². The Morgan fingerprint density at radius 3 is 2.20 bits per heavy atom. The number of carbonyl (C=O) groups excluding carboxylic acids is 1. The lowest BCUT2D eigenvalue weighted by Crippen LogP contribution is -2.15. The number of aryl methyl sites for hydroxylation is 1. The number of aromatic amines is 1. The zero-order chi connectivity index (χ0) is 31.9. The predicted molar refractivity (Wildman–Crippen MR) is 172 cm³/mol. The molecular weight excluding hydrogens is 564 g/mol. The van der Waals surface area contributed by atoms with Gasteiger partial charge >= 0.3 is 5.97 Å². The Balaban J connectivity index is 1.58. The Bertz CT molecular complexity index is 1920. The molecule has 3 aromatic carbocycles. The average Bonchev–Trinajstić information content (AvgIpc) is 3.51. The van der Waals surface area contributed by atoms with Crippen LogP contribution in [0.25, 0.3) is 10.4 Å². The van der Waals surface area contributed by atoms with Crippen LogP contribution in [0, 0.1) is 31.8 Å². The maximum Gasteiger partial charge on any atom is 0.344 e. The van der Waals surface area contributed by atoms with Gasteiger partial charge in [-0.05, 0) is 62.1 Å². The number of rotatable bonds is 10. The molecule has 4 aromatic rings. The number of ether oxygens (including phenoxy) is 3. The van der Waals surface area contributed by atoms with Crippen molar-refractivity contribution >= 4 is 17.3 Å². The quantitative estimate of drug-likeness (QED) is 0.150. The maximum absolute atomic E-state index is 12.8. The molecule has 0 atom stereocenters. The SMILES string of the molecule is [C-]#[N+]C1=C(C)C(=C(c2ccc(OCc3ccccc3)cc2OCC(=O)OCc2ccccc2)c2[nH]c(C)c(C#N)c2C)N=C1C. The number of H-pyrrole nitrogens is 1. The van der Waals surface area contributed by atoms with Crippen LogP contribution in [0.15, 0.2) is 101 Å². The Kier molecular flexibility index (Phi) is 9.26. The molecule has 224 valence electrons. The normalized spacial score (nSPS) is 13.5. The number of allylic oxidation sites excluding steroid dienone is 2. The van der Waals surface area contributed by atoms with Gasteiger partial charge in [0.05, 0.1) is 23.5 Å². The van der Waals surface area contributed by atoms with E-state index in [1.807, 2.05) is 93.6 Å². The first-order valence-corrected chi connectivity index (χ1v) is 14.4. The Morgan fingerprint density at radius 1 is 0.933 bits per heavy atom. The molecule has 0 amide bonds. The van der Waals surface area contributed by atoms with Crippen LogP contribution in [0.4, 0.5) is 0 Å². The molecule has 0 saturated heterocycles. The van der Waals surface area contributed by atoms with Crippen LogP contribution < -0.4 is 9.47 Å². The Hall–Kier alpha value is -5.86. The van der Waals surface area contributed by atoms with Gasteiger partial charge in [0, 0.05) is 28.6 Å². The van der Waals surface area contributed by atoms with Gasteiger partial charge in [-0.25, -0.2) is 9.64 Å². The van der Waals surface area contributed by atoms with Crippen LogP contribution in [0.3, 0.4) is 0 Å². The van der Waals surface area contributed by atoms with Crippen LogP contribution in [-0.2, 0) is 22.7 Å². The largest absolute Gasteiger partial charge is 0.489 e. The molecule has 8 nitrogen and oxygen atoms in total. The van der Waals surface area contributed by atoms with Crippen molar-refractivity contribution in [2.45, 2.75) is 40.9 Å². The molecule has 1 aliphatic heterocycles. The first-order chi connectivity index (χ1) is 21.8. The number of nitrogens with zero attached hydrogens (tertiary/aromatic N) is 3. The van der Waals surface area contributed by atoms with Crippen LogP contribution in [0.1, 0.15) is 53.1 Å². The molecular formula is C37H32N4O4. The van der Waals surface area contributed by atoms with Crippen molar-refractivity contribution in [3.05, 3.63) is 146 Å². The highest BCUT2D eigenvalue weighted by atomic mass is 16.6. The van der Waals surface area contributed by atoms with Crippen molar-refractivity contribution in [2.75, 3.05) is 6.61 Å². The van der Waals surface area contributed by atoms with E-state index in [-0.39, 0.29) is 13.2 Å². The molecule has 0 unspecified atom stereocenters. The number of aromatic nitrogens is 1. The van der Waals surface area contributed by atoms with Gasteiger partial charge < -0.3 is 19.2 Å². The summed E-state index contributed by atoms with van der Waals surface area (Å²) in [5, 5.41) is 9.87. The Morgan fingerprint density at radius 2 is 1.60 bits per heavy atom. The van der Waals surface area contributed by atoms with E-state index in [2.05, 4.69) is 15.9 Å². The summed E-state index contributed by atoms with van der Waals surface area (Å²) in [6.45, 7) is 15.2. The van der Waals surface area contributed by atoms with E-state index in [1.165, 1.54) is 0 Å². The molecule has 2 heterocycles. The zero-order valence-corrected chi connectivity index (χ0v) is 25.6. The molecule has 8 heteroatoms. The minimum absolute atomic E-state index is 0.126. The molecule has 45 heavy (non-hydrogen) atoms. The van der Waals surface area contributed by atoms with Gasteiger partial charge in [0.25, 0.3) is 0 Å². The number of aliphatic imine (C=N–C) groups is 1. The van der Waals surface area contributed by atoms with Gasteiger partial charge in [0.2, 0.25) is 5.70 Å². The standard InChI is InChI=1S/C37H32N4O4/c1-23-31(19-38)25(3)40-36(23)34(37-24(2)35(39-5)26(4)41-37)30-17-16-29(43-20-27-12-8-6-9-13-27)18-32(30)44-22-33(42)45-21-28-14-10-7-11-15-28/h6-18,40H,20-22H2,1-4H3. The third kappa shape index (κ3) is 6.71. The first-order valence-electron chi connectivity index (χ1n) is 14.4. The molecule has 0 spiro atoms. The average molecular weight is 597 g/mol. The molecule has 5 rings (SSSR count). The number of nitrogens with one attached hydrogen (secondary N) is 1. The number of hydrogen-bond donors (Lipinski definition) is 1. The number of carbonyl (C=O) groups is 1. The fourth-order valence-electron chi connectivity index (χ4n) is 5.22. The molecule has 0 aliphatic carbocycles. The van der Waals surface area contributed by atoms with Gasteiger partial charge in [-0.1, -0.05) is 60.7 Å². The second-order valence-electron chi connectivity index (χ2n) is 10.6. The maximum atomic E-state index is 12.8. The third-order valence-corrected chi connectivity index (χ3v) is 7.54. The van der Waals surface area contributed by atoms with E-state index in [0.717, 1.165) is 16.7 Å². The van der Waals surface area contributed by atoms with Crippen molar-refractivity contribution < 1.29 is 19.0 Å². The van der Waals surface area contributed by atoms with Crippen molar-refractivity contribution in [3.8, 4) is 17.6 Å². The number of esters is 1. The number of benzene rings is 3. The van der Waals surface area contributed by atoms with Crippen molar-refractivity contribution in [3.63, 3.8) is 0 Å². The Labute approximate surface area is 262 Å². The molecule has 0 saturated carbocycles. The number of nitriles is 1. The first kappa shape index (κ1) is 30.6. The fraction of sp³-hybridized carbons (Fsp3) is 0.189. The monoisotopic (exact) mass is 596 g/mol. The highest BCUT2D eigenvalue weighted by Gasteiger charge is 2.28. The van der Waals surface area contributed by atoms with Gasteiger partial charge in [-0.3, -0.25) is 4.99 Å². The second-order valence-corrected chi connectivity index (χ2v) is 10.6. The summed E-state index contributed by atoms with van der Waals surface area (Å²) >= 11 is 0. The second kappa shape index (κ2) is 13.6. The molecule has 0 bridgehead atoms. The van der Waals surface area contributed by atoms with Crippen molar-refractivity contribution in [1.29, 1.82) is 5.26 Å². The smallest absolute Gasteiger partial charge is 0.344 e. The minimum Gasteiger partial charge on any atom is -0.489 e. The minimum atomic E-state index is -0.533. The summed E-state index contributed by atoms with van der Waals surface area (Å²) in [5.74, 6) is 0.369. The molecule has 1 N–H and O–H groups in total. The summed E-state index contributed by atoms with van der Waals surface area (Å²) in [7, 11) is 0. The summed E-state index contributed by atoms with van der Waals surface area (Å²) in [6.07, 6.45) is 0. The highest BCUT2D eigenvalue weighted by molar-refractivity contribution is 6.07. The van der Waals surface area contributed by atoms with Crippen molar-refractivity contribution in [1.82, 2.24) is 4.98 Å². The summed E-state index contributed by atoms with van der Waals surface area (Å²) in [5.41, 5.74) is 8.16. The van der Waals surface area contributed by atoms with Crippen LogP contribution in [0.5, 0.6) is 11.5 Å². The lowest BCUT2D eigenvalue weighted by molar-refractivity contribution is -0.147. The van der Waals surface area contributed by atoms with E-state index in [1.54, 1.807) is 13.0 Å². The van der Waals surface area contributed by atoms with E-state index in [9.17, 15) is 10.1 Å². The molecule has 1 aromatic heterocycles. The zero-order valence-electron chi connectivity index (χ0n) is 25.6. The van der Waals surface area contributed by atoms with E-state index in [4.69, 9.17) is 25.8 Å². The van der Waals surface area contributed by atoms with Gasteiger partial charge in [0.15, 0.2) is 6.61 Å². The summed E-state index contributed by atoms with van der Waals surface area (Å²) in [4.78, 5) is 24.7. The molecule has 1 aliphatic rings. The van der Waals surface area contributed by atoms with E-state index in [0.29, 0.717) is 68.9 Å². The summed E-state index contributed by atoms with van der Waals surface area (Å²) < 4.78 is 17.7. The molecule has 0 radical (unpaired) electrons. The van der Waals surface area contributed by atoms with Gasteiger partial charge in [-0.2, -0.15) is 5.26 Å². The lowest BCUT2D eigenvalue weighted by Gasteiger charge is -2.18. The molecule has 0 fully saturated rings. The lowest BCUT2D eigenvalue weighted by atomic mass is 9.94. The van der Waals surface area contributed by atoms with Crippen molar-refractivity contribution in [2.24, 2.45) is 4.99 Å². The number of hydrogen-bond acceptors (Lipinski definition) is 6.